The molecule has 1 rings (SSSR count). The molecule has 0 radical (unpaired) electrons. The molecule has 0 spiro atoms. The number of anilines is 1. The summed E-state index contributed by atoms with van der Waals surface area (Å²) in [6, 6.07) is 5.24. The van der Waals surface area contributed by atoms with Crippen LogP contribution in [-0.2, 0) is 0 Å². The predicted octanol–water partition coefficient (Wildman–Crippen LogP) is 4.05. The minimum Gasteiger partial charge on any atom is -0.340 e. The molecule has 70 valence electrons. The summed E-state index contributed by atoms with van der Waals surface area (Å²) >= 11 is 18.1. The number of halogens is 2. The van der Waals surface area contributed by atoms with Gasteiger partial charge in [0.15, 0.2) is 0 Å². The van der Waals surface area contributed by atoms with E-state index in [1.807, 2.05) is 6.26 Å². The lowest BCUT2D eigenvalue weighted by Gasteiger charge is -2.07. The van der Waals surface area contributed by atoms with Gasteiger partial charge in [0.1, 0.15) is 4.32 Å². The second-order valence-corrected chi connectivity index (χ2v) is 4.57. The molecule has 0 atom stereocenters. The van der Waals surface area contributed by atoms with Crippen LogP contribution >= 0.6 is 47.2 Å². The summed E-state index contributed by atoms with van der Waals surface area (Å²) in [6.07, 6.45) is 1.90. The normalized spacial score (nSPS) is 9.77. The highest BCUT2D eigenvalue weighted by Gasteiger charge is 2.01. The van der Waals surface area contributed by atoms with Gasteiger partial charge in [0.2, 0.25) is 0 Å². The molecule has 1 nitrogen and oxygen atoms in total. The molecule has 0 aromatic heterocycles. The van der Waals surface area contributed by atoms with E-state index in [1.165, 1.54) is 11.8 Å². The summed E-state index contributed by atoms with van der Waals surface area (Å²) in [6.45, 7) is 0. The second kappa shape index (κ2) is 5.05. The van der Waals surface area contributed by atoms with E-state index in [-0.39, 0.29) is 0 Å². The monoisotopic (exact) mass is 251 g/mol. The van der Waals surface area contributed by atoms with Crippen molar-refractivity contribution >= 4 is 57.2 Å². The first-order chi connectivity index (χ1) is 6.13. The maximum atomic E-state index is 5.91. The Morgan fingerprint density at radius 1 is 1.46 bits per heavy atom. The summed E-state index contributed by atoms with van der Waals surface area (Å²) in [5.41, 5.74) is 0.783. The standard InChI is InChI=1S/C8H7Cl2NS2/c1-13-8(12)11-7-3-2-5(9)4-6(7)10/h2-4H,1H3,(H,11,12). The van der Waals surface area contributed by atoms with Gasteiger partial charge in [0.05, 0.1) is 10.7 Å². The van der Waals surface area contributed by atoms with Gasteiger partial charge in [-0.05, 0) is 24.5 Å². The number of thioether (sulfide) groups is 1. The highest BCUT2D eigenvalue weighted by atomic mass is 35.5. The van der Waals surface area contributed by atoms with Crippen LogP contribution in [-0.4, -0.2) is 10.6 Å². The molecular formula is C8H7Cl2NS2. The van der Waals surface area contributed by atoms with Crippen molar-refractivity contribution in [1.29, 1.82) is 0 Å². The number of nitrogens with one attached hydrogen (secondary N) is 1. The molecule has 13 heavy (non-hydrogen) atoms. The van der Waals surface area contributed by atoms with E-state index >= 15 is 0 Å². The van der Waals surface area contributed by atoms with Gasteiger partial charge in [-0.2, -0.15) is 0 Å². The van der Waals surface area contributed by atoms with E-state index in [4.69, 9.17) is 35.4 Å². The van der Waals surface area contributed by atoms with E-state index in [0.717, 1.165) is 5.69 Å². The maximum absolute atomic E-state index is 5.91. The largest absolute Gasteiger partial charge is 0.340 e. The number of rotatable bonds is 1. The van der Waals surface area contributed by atoms with E-state index in [9.17, 15) is 0 Å². The summed E-state index contributed by atoms with van der Waals surface area (Å²) in [4.78, 5) is 0. The molecule has 0 fully saturated rings. The first-order valence-corrected chi connectivity index (χ1v) is 5.82. The third kappa shape index (κ3) is 3.35. The Kier molecular flexibility index (Phi) is 4.32. The van der Waals surface area contributed by atoms with Gasteiger partial charge in [-0.1, -0.05) is 35.4 Å². The molecule has 0 heterocycles. The third-order valence-corrected chi connectivity index (χ3v) is 2.98. The van der Waals surface area contributed by atoms with Gasteiger partial charge in [0.25, 0.3) is 0 Å². The average molecular weight is 252 g/mol. The highest BCUT2D eigenvalue weighted by Crippen LogP contribution is 2.25. The molecule has 0 unspecified atom stereocenters. The van der Waals surface area contributed by atoms with Crippen molar-refractivity contribution in [3.8, 4) is 0 Å². The van der Waals surface area contributed by atoms with Crippen LogP contribution in [0.2, 0.25) is 10.0 Å². The van der Waals surface area contributed by atoms with Crippen LogP contribution in [0.15, 0.2) is 18.2 Å². The van der Waals surface area contributed by atoms with Gasteiger partial charge in [-0.15, -0.1) is 11.8 Å². The van der Waals surface area contributed by atoms with Crippen molar-refractivity contribution < 1.29 is 0 Å². The quantitative estimate of drug-likeness (QED) is 0.757. The number of thiocarbonyl (C=S) groups is 1. The fourth-order valence-electron chi connectivity index (χ4n) is 0.752. The van der Waals surface area contributed by atoms with Crippen LogP contribution in [0.4, 0.5) is 5.69 Å². The molecule has 0 saturated heterocycles. The SMILES string of the molecule is CSC(=S)Nc1ccc(Cl)cc1Cl. The van der Waals surface area contributed by atoms with E-state index in [0.29, 0.717) is 14.4 Å². The molecule has 5 heteroatoms. The van der Waals surface area contributed by atoms with E-state index < -0.39 is 0 Å². The van der Waals surface area contributed by atoms with Crippen molar-refractivity contribution in [1.82, 2.24) is 0 Å². The van der Waals surface area contributed by atoms with Crippen molar-refractivity contribution in [2.75, 3.05) is 11.6 Å². The first-order valence-electron chi connectivity index (χ1n) is 3.43. The molecule has 0 bridgehead atoms. The molecule has 1 aromatic carbocycles. The lowest BCUT2D eigenvalue weighted by molar-refractivity contribution is 1.66. The fraction of sp³-hybridized carbons (Fsp3) is 0.125. The Bertz CT molecular complexity index is 328. The van der Waals surface area contributed by atoms with Gasteiger partial charge in [-0.3, -0.25) is 0 Å². The van der Waals surface area contributed by atoms with Crippen molar-refractivity contribution in [2.45, 2.75) is 0 Å². The third-order valence-electron chi connectivity index (χ3n) is 1.35. The van der Waals surface area contributed by atoms with Crippen molar-refractivity contribution in [3.05, 3.63) is 28.2 Å². The summed E-state index contributed by atoms with van der Waals surface area (Å²) in [5, 5.41) is 4.18. The zero-order chi connectivity index (χ0) is 9.84. The van der Waals surface area contributed by atoms with Crippen LogP contribution in [0.3, 0.4) is 0 Å². The Morgan fingerprint density at radius 2 is 2.15 bits per heavy atom. The molecule has 0 aliphatic rings. The van der Waals surface area contributed by atoms with E-state index in [2.05, 4.69) is 5.32 Å². The van der Waals surface area contributed by atoms with Crippen LogP contribution in [0, 0.1) is 0 Å². The number of benzene rings is 1. The Balaban J connectivity index is 2.83. The smallest absolute Gasteiger partial charge is 0.137 e. The highest BCUT2D eigenvalue weighted by molar-refractivity contribution is 8.22. The maximum Gasteiger partial charge on any atom is 0.137 e. The number of hydrogen-bond acceptors (Lipinski definition) is 2. The van der Waals surface area contributed by atoms with Gasteiger partial charge < -0.3 is 5.32 Å². The zero-order valence-electron chi connectivity index (χ0n) is 6.80. The molecule has 0 aliphatic heterocycles. The summed E-state index contributed by atoms with van der Waals surface area (Å²) < 4.78 is 0.684. The van der Waals surface area contributed by atoms with Crippen molar-refractivity contribution in [3.63, 3.8) is 0 Å². The molecular weight excluding hydrogens is 245 g/mol. The topological polar surface area (TPSA) is 12.0 Å². The molecule has 0 aliphatic carbocycles. The molecule has 1 N–H and O–H groups in total. The second-order valence-electron chi connectivity index (χ2n) is 2.24. The minimum atomic E-state index is 0.573. The fourth-order valence-corrected chi connectivity index (χ4v) is 1.53. The lowest BCUT2D eigenvalue weighted by atomic mass is 10.3. The first kappa shape index (κ1) is 11.1. The lowest BCUT2D eigenvalue weighted by Crippen LogP contribution is -2.03. The van der Waals surface area contributed by atoms with Crippen LogP contribution in [0.5, 0.6) is 0 Å². The molecule has 0 saturated carbocycles. The van der Waals surface area contributed by atoms with Gasteiger partial charge in [-0.25, -0.2) is 0 Å². The minimum absolute atomic E-state index is 0.573. The summed E-state index contributed by atoms with van der Waals surface area (Å²) in [5.74, 6) is 0. The Hall–Kier alpha value is 0.0400. The van der Waals surface area contributed by atoms with Gasteiger partial charge >= 0.3 is 0 Å². The van der Waals surface area contributed by atoms with Gasteiger partial charge in [0, 0.05) is 5.02 Å². The molecule has 0 amide bonds. The van der Waals surface area contributed by atoms with Crippen LogP contribution < -0.4 is 5.32 Å². The Morgan fingerprint density at radius 3 is 2.69 bits per heavy atom. The predicted molar refractivity (Wildman–Crippen MR) is 66.2 cm³/mol. The number of hydrogen-bond donors (Lipinski definition) is 1. The van der Waals surface area contributed by atoms with Crippen molar-refractivity contribution in [2.24, 2.45) is 0 Å². The Labute approximate surface area is 96.8 Å². The van der Waals surface area contributed by atoms with Crippen LogP contribution in [0.1, 0.15) is 0 Å². The zero-order valence-corrected chi connectivity index (χ0v) is 9.95. The average Bonchev–Trinajstić information content (AvgIpc) is 2.09. The molecule has 1 aromatic rings. The summed E-state index contributed by atoms with van der Waals surface area (Å²) in [7, 11) is 0. The van der Waals surface area contributed by atoms with Crippen LogP contribution in [0.25, 0.3) is 0 Å². The van der Waals surface area contributed by atoms with E-state index in [1.54, 1.807) is 18.2 Å².